The summed E-state index contributed by atoms with van der Waals surface area (Å²) in [5, 5.41) is 3.58. The fourth-order valence-electron chi connectivity index (χ4n) is 3.33. The van der Waals surface area contributed by atoms with Crippen molar-refractivity contribution in [2.75, 3.05) is 26.2 Å². The van der Waals surface area contributed by atoms with Gasteiger partial charge in [0, 0.05) is 32.7 Å². The Morgan fingerprint density at radius 3 is 2.43 bits per heavy atom. The van der Waals surface area contributed by atoms with Crippen molar-refractivity contribution in [3.8, 4) is 0 Å². The van der Waals surface area contributed by atoms with Crippen LogP contribution in [-0.2, 0) is 24.1 Å². The van der Waals surface area contributed by atoms with Crippen LogP contribution in [0.2, 0.25) is 5.02 Å². The van der Waals surface area contributed by atoms with E-state index in [1.807, 2.05) is 4.90 Å². The van der Waals surface area contributed by atoms with Crippen LogP contribution in [0.5, 0.6) is 0 Å². The first-order valence-corrected chi connectivity index (χ1v) is 9.61. The molecular weight excluding hydrogens is 431 g/mol. The first kappa shape index (κ1) is 22.5. The molecule has 164 valence electrons. The van der Waals surface area contributed by atoms with Crippen molar-refractivity contribution >= 4 is 17.5 Å². The largest absolute Gasteiger partial charge is 0.416 e. The van der Waals surface area contributed by atoms with Crippen LogP contribution in [0.3, 0.4) is 0 Å². The molecule has 0 spiro atoms. The highest BCUT2D eigenvalue weighted by Crippen LogP contribution is 2.30. The summed E-state index contributed by atoms with van der Waals surface area (Å²) < 4.78 is 65.5. The highest BCUT2D eigenvalue weighted by atomic mass is 35.5. The average molecular weight is 451 g/mol. The highest BCUT2D eigenvalue weighted by molar-refractivity contribution is 6.31. The van der Waals surface area contributed by atoms with Gasteiger partial charge in [0.1, 0.15) is 12.2 Å². The summed E-state index contributed by atoms with van der Waals surface area (Å²) in [6, 6.07) is 5.17. The molecule has 0 atom stereocenters. The highest BCUT2D eigenvalue weighted by Gasteiger charge is 2.31. The van der Waals surface area contributed by atoms with Gasteiger partial charge in [-0.25, -0.2) is 8.78 Å². The van der Waals surface area contributed by atoms with Crippen molar-refractivity contribution in [2.45, 2.75) is 32.6 Å². The van der Waals surface area contributed by atoms with Gasteiger partial charge in [-0.05, 0) is 18.6 Å². The third-order valence-electron chi connectivity index (χ3n) is 5.04. The zero-order valence-corrected chi connectivity index (χ0v) is 16.9. The third kappa shape index (κ3) is 5.10. The predicted octanol–water partition coefficient (Wildman–Crippen LogP) is 4.15. The van der Waals surface area contributed by atoms with Crippen LogP contribution in [0, 0.1) is 6.92 Å². The van der Waals surface area contributed by atoms with Crippen molar-refractivity contribution in [2.24, 2.45) is 0 Å². The molecule has 0 unspecified atom stereocenters. The number of nitrogens with zero attached hydrogens (tertiary/aromatic N) is 4. The Bertz CT molecular complexity index is 907. The summed E-state index contributed by atoms with van der Waals surface area (Å²) >= 11 is 5.85. The smallest absolute Gasteiger partial charge is 0.339 e. The first-order valence-electron chi connectivity index (χ1n) is 9.23. The zero-order chi connectivity index (χ0) is 22.1. The molecule has 1 saturated heterocycles. The van der Waals surface area contributed by atoms with Gasteiger partial charge in [-0.15, -0.1) is 0 Å². The Morgan fingerprint density at radius 1 is 1.20 bits per heavy atom. The Labute approximate surface area is 175 Å². The van der Waals surface area contributed by atoms with Gasteiger partial charge in [-0.2, -0.15) is 18.3 Å². The molecular formula is C19H20ClF5N4O. The number of carbonyl (C=O) groups is 1. The SMILES string of the molecule is Cc1c(Cl)c(C(F)F)nn1CC(=O)N1CCN(Cc2cccc(C(F)(F)F)c2)CC1. The third-order valence-corrected chi connectivity index (χ3v) is 5.50. The summed E-state index contributed by atoms with van der Waals surface area (Å²) in [6.07, 6.45) is -7.22. The number of piperazine rings is 1. The van der Waals surface area contributed by atoms with Crippen molar-refractivity contribution in [3.05, 3.63) is 51.8 Å². The summed E-state index contributed by atoms with van der Waals surface area (Å²) in [4.78, 5) is 16.1. The number of aromatic nitrogens is 2. The van der Waals surface area contributed by atoms with Crippen LogP contribution in [0.4, 0.5) is 22.0 Å². The maximum absolute atomic E-state index is 12.9. The lowest BCUT2D eigenvalue weighted by Crippen LogP contribution is -2.49. The lowest BCUT2D eigenvalue weighted by Gasteiger charge is -2.35. The van der Waals surface area contributed by atoms with Gasteiger partial charge >= 0.3 is 6.18 Å². The molecule has 2 heterocycles. The topological polar surface area (TPSA) is 41.4 Å². The van der Waals surface area contributed by atoms with E-state index in [0.29, 0.717) is 44.0 Å². The molecule has 1 aromatic heterocycles. The molecule has 1 aliphatic heterocycles. The minimum Gasteiger partial charge on any atom is -0.339 e. The van der Waals surface area contributed by atoms with Gasteiger partial charge < -0.3 is 4.90 Å². The van der Waals surface area contributed by atoms with E-state index >= 15 is 0 Å². The van der Waals surface area contributed by atoms with Gasteiger partial charge in [0.05, 0.1) is 16.3 Å². The second-order valence-electron chi connectivity index (χ2n) is 7.10. The maximum Gasteiger partial charge on any atom is 0.416 e. The number of alkyl halides is 5. The van der Waals surface area contributed by atoms with Crippen LogP contribution in [0.1, 0.15) is 28.9 Å². The number of hydrogen-bond acceptors (Lipinski definition) is 3. The van der Waals surface area contributed by atoms with Crippen molar-refractivity contribution in [1.82, 2.24) is 19.6 Å². The second kappa shape index (κ2) is 8.89. The van der Waals surface area contributed by atoms with E-state index < -0.39 is 23.9 Å². The van der Waals surface area contributed by atoms with Crippen molar-refractivity contribution in [1.29, 1.82) is 0 Å². The Hall–Kier alpha value is -2.20. The fraction of sp³-hybridized carbons (Fsp3) is 0.474. The van der Waals surface area contributed by atoms with Crippen LogP contribution in [-0.4, -0.2) is 51.7 Å². The fourth-order valence-corrected chi connectivity index (χ4v) is 3.55. The van der Waals surface area contributed by atoms with Crippen LogP contribution >= 0.6 is 11.6 Å². The van der Waals surface area contributed by atoms with Gasteiger partial charge in [-0.1, -0.05) is 29.8 Å². The summed E-state index contributed by atoms with van der Waals surface area (Å²) in [6.45, 7) is 3.40. The number of rotatable bonds is 5. The molecule has 0 saturated carbocycles. The standard InChI is InChI=1S/C19H20ClF5N4O/c1-12-16(20)17(18(21)22)26-29(12)11-15(30)28-7-5-27(6-8-28)10-13-3-2-4-14(9-13)19(23,24)25/h2-4,9,18H,5-8,10-11H2,1H3. The van der Waals surface area contributed by atoms with E-state index in [9.17, 15) is 26.7 Å². The van der Waals surface area contributed by atoms with E-state index in [1.54, 1.807) is 11.0 Å². The van der Waals surface area contributed by atoms with Crippen LogP contribution < -0.4 is 0 Å². The zero-order valence-electron chi connectivity index (χ0n) is 16.1. The van der Waals surface area contributed by atoms with E-state index in [1.165, 1.54) is 17.7 Å². The van der Waals surface area contributed by atoms with Crippen LogP contribution in [0.15, 0.2) is 24.3 Å². The molecule has 0 bridgehead atoms. The Kier molecular flexibility index (Phi) is 6.66. The molecule has 11 heteroatoms. The molecule has 0 radical (unpaired) electrons. The molecule has 1 fully saturated rings. The normalized spacial score (nSPS) is 15.8. The summed E-state index contributed by atoms with van der Waals surface area (Å²) in [7, 11) is 0. The molecule has 0 N–H and O–H groups in total. The minimum atomic E-state index is -4.39. The van der Waals surface area contributed by atoms with E-state index in [4.69, 9.17) is 11.6 Å². The van der Waals surface area contributed by atoms with E-state index in [0.717, 1.165) is 12.1 Å². The minimum absolute atomic E-state index is 0.149. The molecule has 30 heavy (non-hydrogen) atoms. The summed E-state index contributed by atoms with van der Waals surface area (Å²) in [5.41, 5.74) is -0.396. The van der Waals surface area contributed by atoms with Gasteiger partial charge in [-0.3, -0.25) is 14.4 Å². The van der Waals surface area contributed by atoms with Gasteiger partial charge in [0.15, 0.2) is 0 Å². The quantitative estimate of drug-likeness (QED) is 0.643. The molecule has 1 amide bonds. The van der Waals surface area contributed by atoms with E-state index in [-0.39, 0.29) is 17.5 Å². The predicted molar refractivity (Wildman–Crippen MR) is 100 cm³/mol. The Balaban J connectivity index is 1.56. The lowest BCUT2D eigenvalue weighted by molar-refractivity contribution is -0.138. The van der Waals surface area contributed by atoms with Gasteiger partial charge in [0.2, 0.25) is 5.91 Å². The molecule has 3 rings (SSSR count). The number of benzene rings is 1. The van der Waals surface area contributed by atoms with E-state index in [2.05, 4.69) is 5.10 Å². The average Bonchev–Trinajstić information content (AvgIpc) is 2.97. The van der Waals surface area contributed by atoms with Crippen molar-refractivity contribution < 1.29 is 26.7 Å². The van der Waals surface area contributed by atoms with Gasteiger partial charge in [0.25, 0.3) is 6.43 Å². The number of halogens is 6. The number of carbonyl (C=O) groups excluding carboxylic acids is 1. The second-order valence-corrected chi connectivity index (χ2v) is 7.48. The summed E-state index contributed by atoms with van der Waals surface area (Å²) in [5.74, 6) is -0.281. The molecule has 1 aromatic carbocycles. The number of amides is 1. The molecule has 0 aliphatic carbocycles. The first-order chi connectivity index (χ1) is 14.1. The molecule has 2 aromatic rings. The molecule has 1 aliphatic rings. The number of hydrogen-bond donors (Lipinski definition) is 0. The Morgan fingerprint density at radius 2 is 1.87 bits per heavy atom. The maximum atomic E-state index is 12.9. The monoisotopic (exact) mass is 450 g/mol. The van der Waals surface area contributed by atoms with Crippen LogP contribution in [0.25, 0.3) is 0 Å². The lowest BCUT2D eigenvalue weighted by atomic mass is 10.1. The molecule has 5 nitrogen and oxygen atoms in total. The van der Waals surface area contributed by atoms with Crippen molar-refractivity contribution in [3.63, 3.8) is 0 Å².